The van der Waals surface area contributed by atoms with Crippen molar-refractivity contribution in [2.75, 3.05) is 6.54 Å². The predicted octanol–water partition coefficient (Wildman–Crippen LogP) is 1.81. The monoisotopic (exact) mass is 257 g/mol. The number of halogens is 1. The van der Waals surface area contributed by atoms with Gasteiger partial charge in [-0.2, -0.15) is 5.10 Å². The predicted molar refractivity (Wildman–Crippen MR) is 60.0 cm³/mol. The lowest BCUT2D eigenvalue weighted by atomic mass is 9.81. The average Bonchev–Trinajstić information content (AvgIpc) is 2.94. The van der Waals surface area contributed by atoms with Crippen LogP contribution in [0, 0.1) is 5.92 Å². The van der Waals surface area contributed by atoms with Crippen molar-refractivity contribution in [1.82, 2.24) is 9.78 Å². The Morgan fingerprint density at radius 3 is 2.71 bits per heavy atom. The minimum absolute atomic E-state index is 0.0874. The lowest BCUT2D eigenvalue weighted by molar-refractivity contribution is 0.388. The van der Waals surface area contributed by atoms with Crippen LogP contribution in [0.5, 0.6) is 0 Å². The fraction of sp³-hybridized carbons (Fsp3) is 0.700. The molecule has 14 heavy (non-hydrogen) atoms. The number of rotatable bonds is 3. The summed E-state index contributed by atoms with van der Waals surface area (Å²) in [5.41, 5.74) is 7.24. The van der Waals surface area contributed by atoms with Gasteiger partial charge in [-0.1, -0.05) is 6.92 Å². The van der Waals surface area contributed by atoms with E-state index in [1.807, 2.05) is 17.9 Å². The molecule has 0 aliphatic heterocycles. The van der Waals surface area contributed by atoms with E-state index in [1.54, 1.807) is 0 Å². The fourth-order valence-corrected chi connectivity index (χ4v) is 3.03. The molecular formula is C10H16BrN3. The van der Waals surface area contributed by atoms with Crippen LogP contribution in [0.3, 0.4) is 0 Å². The third kappa shape index (κ3) is 1.41. The lowest BCUT2D eigenvalue weighted by Gasteiger charge is -2.28. The molecule has 1 saturated carbocycles. The van der Waals surface area contributed by atoms with Gasteiger partial charge in [0.2, 0.25) is 0 Å². The largest absolute Gasteiger partial charge is 0.330 e. The lowest BCUT2D eigenvalue weighted by Crippen LogP contribution is -2.36. The fourth-order valence-electron chi connectivity index (χ4n) is 2.23. The van der Waals surface area contributed by atoms with Crippen molar-refractivity contribution in [3.8, 4) is 0 Å². The normalized spacial score (nSPS) is 20.9. The van der Waals surface area contributed by atoms with Gasteiger partial charge < -0.3 is 5.73 Å². The first-order valence-electron chi connectivity index (χ1n) is 4.97. The molecule has 0 bridgehead atoms. The first-order chi connectivity index (χ1) is 6.59. The number of hydrogen-bond donors (Lipinski definition) is 1. The molecule has 4 heteroatoms. The van der Waals surface area contributed by atoms with E-state index in [9.17, 15) is 0 Å². The Hall–Kier alpha value is -0.350. The van der Waals surface area contributed by atoms with E-state index < -0.39 is 0 Å². The molecule has 0 aromatic carbocycles. The molecule has 1 aliphatic carbocycles. The highest BCUT2D eigenvalue weighted by atomic mass is 79.9. The zero-order valence-electron chi connectivity index (χ0n) is 8.63. The van der Waals surface area contributed by atoms with Crippen molar-refractivity contribution < 1.29 is 0 Å². The molecule has 1 heterocycles. The maximum atomic E-state index is 5.92. The number of aryl methyl sites for hydroxylation is 1. The average molecular weight is 258 g/mol. The first-order valence-corrected chi connectivity index (χ1v) is 5.77. The Morgan fingerprint density at radius 1 is 1.71 bits per heavy atom. The van der Waals surface area contributed by atoms with Crippen LogP contribution in [0.15, 0.2) is 10.7 Å². The summed E-state index contributed by atoms with van der Waals surface area (Å²) in [5.74, 6) is 0.735. The second kappa shape index (κ2) is 3.35. The molecule has 0 saturated heterocycles. The first kappa shape index (κ1) is 10.2. The molecule has 2 rings (SSSR count). The van der Waals surface area contributed by atoms with E-state index in [0.29, 0.717) is 6.54 Å². The summed E-state index contributed by atoms with van der Waals surface area (Å²) in [6.07, 6.45) is 4.45. The summed E-state index contributed by atoms with van der Waals surface area (Å²) in [6.45, 7) is 2.93. The third-order valence-electron chi connectivity index (χ3n) is 3.34. The van der Waals surface area contributed by atoms with E-state index in [0.717, 1.165) is 10.4 Å². The standard InChI is InChI=1S/C10H16BrN3/c1-10(6-12,7-3-4-7)9-8(11)5-13-14(9)2/h5,7H,3-4,6,12H2,1-2H3. The number of aromatic nitrogens is 2. The van der Waals surface area contributed by atoms with E-state index in [4.69, 9.17) is 5.73 Å². The summed E-state index contributed by atoms with van der Waals surface area (Å²) in [5, 5.41) is 4.25. The van der Waals surface area contributed by atoms with Crippen molar-refractivity contribution in [2.24, 2.45) is 18.7 Å². The van der Waals surface area contributed by atoms with E-state index in [2.05, 4.69) is 28.0 Å². The number of nitrogens with two attached hydrogens (primary N) is 1. The molecule has 1 atom stereocenters. The van der Waals surface area contributed by atoms with Crippen molar-refractivity contribution in [1.29, 1.82) is 0 Å². The van der Waals surface area contributed by atoms with Crippen molar-refractivity contribution in [3.05, 3.63) is 16.4 Å². The Labute approximate surface area is 92.8 Å². The number of hydrogen-bond acceptors (Lipinski definition) is 2. The molecule has 0 spiro atoms. The van der Waals surface area contributed by atoms with Gasteiger partial charge >= 0.3 is 0 Å². The van der Waals surface area contributed by atoms with Crippen LogP contribution < -0.4 is 5.73 Å². The van der Waals surface area contributed by atoms with Crippen molar-refractivity contribution in [2.45, 2.75) is 25.2 Å². The van der Waals surface area contributed by atoms with Gasteiger partial charge in [0.1, 0.15) is 0 Å². The maximum absolute atomic E-state index is 5.92. The second-order valence-electron chi connectivity index (χ2n) is 4.36. The minimum atomic E-state index is 0.0874. The molecule has 1 unspecified atom stereocenters. The summed E-state index contributed by atoms with van der Waals surface area (Å²) in [6, 6.07) is 0. The van der Waals surface area contributed by atoms with Crippen molar-refractivity contribution in [3.63, 3.8) is 0 Å². The van der Waals surface area contributed by atoms with Gasteiger partial charge in [-0.3, -0.25) is 4.68 Å². The van der Waals surface area contributed by atoms with E-state index in [1.165, 1.54) is 18.5 Å². The van der Waals surface area contributed by atoms with E-state index in [-0.39, 0.29) is 5.41 Å². The summed E-state index contributed by atoms with van der Waals surface area (Å²) in [4.78, 5) is 0. The Balaban J connectivity index is 2.44. The maximum Gasteiger partial charge on any atom is 0.0635 e. The summed E-state index contributed by atoms with van der Waals surface area (Å²) >= 11 is 3.55. The quantitative estimate of drug-likeness (QED) is 0.898. The van der Waals surface area contributed by atoms with Gasteiger partial charge in [-0.25, -0.2) is 0 Å². The summed E-state index contributed by atoms with van der Waals surface area (Å²) < 4.78 is 3.02. The molecular weight excluding hydrogens is 242 g/mol. The van der Waals surface area contributed by atoms with Crippen LogP contribution in [0.2, 0.25) is 0 Å². The topological polar surface area (TPSA) is 43.8 Å². The Morgan fingerprint density at radius 2 is 2.36 bits per heavy atom. The Bertz CT molecular complexity index is 324. The molecule has 1 fully saturated rings. The minimum Gasteiger partial charge on any atom is -0.330 e. The van der Waals surface area contributed by atoms with Gasteiger partial charge in [-0.15, -0.1) is 0 Å². The van der Waals surface area contributed by atoms with Crippen LogP contribution in [0.1, 0.15) is 25.5 Å². The highest BCUT2D eigenvalue weighted by molar-refractivity contribution is 9.10. The highest BCUT2D eigenvalue weighted by Gasteiger charge is 2.44. The molecule has 1 aromatic rings. The Kier molecular flexibility index (Phi) is 2.43. The molecule has 0 amide bonds. The van der Waals surface area contributed by atoms with Gasteiger partial charge in [0.05, 0.1) is 16.4 Å². The molecule has 78 valence electrons. The third-order valence-corrected chi connectivity index (χ3v) is 3.92. The van der Waals surface area contributed by atoms with Crippen LogP contribution in [-0.4, -0.2) is 16.3 Å². The van der Waals surface area contributed by atoms with Gasteiger partial charge in [0, 0.05) is 19.0 Å². The van der Waals surface area contributed by atoms with Gasteiger partial charge in [0.25, 0.3) is 0 Å². The zero-order valence-corrected chi connectivity index (χ0v) is 10.2. The zero-order chi connectivity index (χ0) is 10.3. The molecule has 1 aliphatic rings. The SMILES string of the molecule is Cn1ncc(Br)c1C(C)(CN)C1CC1. The van der Waals surface area contributed by atoms with Crippen LogP contribution >= 0.6 is 15.9 Å². The smallest absolute Gasteiger partial charge is 0.0635 e. The van der Waals surface area contributed by atoms with Gasteiger partial charge in [0.15, 0.2) is 0 Å². The van der Waals surface area contributed by atoms with Crippen LogP contribution in [-0.2, 0) is 12.5 Å². The van der Waals surface area contributed by atoms with Gasteiger partial charge in [-0.05, 0) is 34.7 Å². The molecule has 3 nitrogen and oxygen atoms in total. The number of nitrogens with zero attached hydrogens (tertiary/aromatic N) is 2. The van der Waals surface area contributed by atoms with Crippen LogP contribution in [0.25, 0.3) is 0 Å². The second-order valence-corrected chi connectivity index (χ2v) is 5.21. The highest BCUT2D eigenvalue weighted by Crippen LogP contribution is 2.48. The van der Waals surface area contributed by atoms with Crippen molar-refractivity contribution >= 4 is 15.9 Å². The van der Waals surface area contributed by atoms with Crippen LogP contribution in [0.4, 0.5) is 0 Å². The molecule has 0 radical (unpaired) electrons. The summed E-state index contributed by atoms with van der Waals surface area (Å²) in [7, 11) is 1.98. The molecule has 2 N–H and O–H groups in total. The molecule has 1 aromatic heterocycles. The van der Waals surface area contributed by atoms with E-state index >= 15 is 0 Å².